The first-order chi connectivity index (χ1) is 15.6. The zero-order valence-corrected chi connectivity index (χ0v) is 20.2. The lowest BCUT2D eigenvalue weighted by molar-refractivity contribution is 0.0950. The minimum absolute atomic E-state index is 0.0626. The van der Waals surface area contributed by atoms with Gasteiger partial charge in [0.05, 0.1) is 15.9 Å². The third-order valence-corrected chi connectivity index (χ3v) is 8.10. The molecule has 0 radical (unpaired) electrons. The van der Waals surface area contributed by atoms with Crippen molar-refractivity contribution >= 4 is 26.0 Å². The standard InChI is InChI=1S/C22H29N3O6S2/c1-16(2)25-33(29,30)21-7-3-5-17(13-21)14-23-22(26)18-8-10-20(11-9-18)32(27,28)24-15-19-6-4-12-31-19/h3,5,7-11,13,16,19,24-25H,4,6,12,14-15H2,1-2H3,(H,23,26). The molecule has 3 N–H and O–H groups in total. The normalized spacial score (nSPS) is 16.8. The average molecular weight is 496 g/mol. The molecule has 1 amide bonds. The van der Waals surface area contributed by atoms with Crippen molar-refractivity contribution in [1.82, 2.24) is 14.8 Å². The number of carbonyl (C=O) groups excluding carboxylic acids is 1. The molecule has 1 atom stereocenters. The van der Waals surface area contributed by atoms with E-state index in [0.29, 0.717) is 17.7 Å². The van der Waals surface area contributed by atoms with Crippen molar-refractivity contribution in [3.05, 3.63) is 59.7 Å². The highest BCUT2D eigenvalue weighted by Gasteiger charge is 2.21. The first-order valence-corrected chi connectivity index (χ1v) is 13.6. The predicted molar refractivity (Wildman–Crippen MR) is 124 cm³/mol. The van der Waals surface area contributed by atoms with Crippen LogP contribution < -0.4 is 14.8 Å². The smallest absolute Gasteiger partial charge is 0.251 e. The number of nitrogens with one attached hydrogen (secondary N) is 3. The molecule has 2 aromatic rings. The van der Waals surface area contributed by atoms with Crippen molar-refractivity contribution in [2.24, 2.45) is 0 Å². The van der Waals surface area contributed by atoms with Crippen LogP contribution >= 0.6 is 0 Å². The van der Waals surface area contributed by atoms with E-state index in [4.69, 9.17) is 4.74 Å². The van der Waals surface area contributed by atoms with Crippen LogP contribution in [0.3, 0.4) is 0 Å². The van der Waals surface area contributed by atoms with Gasteiger partial charge in [0.15, 0.2) is 0 Å². The van der Waals surface area contributed by atoms with Crippen LogP contribution in [0.4, 0.5) is 0 Å². The van der Waals surface area contributed by atoms with Crippen molar-refractivity contribution in [2.45, 2.75) is 55.2 Å². The Labute approximate surface area is 195 Å². The molecule has 3 rings (SSSR count). The summed E-state index contributed by atoms with van der Waals surface area (Å²) in [5, 5.41) is 2.72. The van der Waals surface area contributed by atoms with Crippen molar-refractivity contribution in [3.63, 3.8) is 0 Å². The largest absolute Gasteiger partial charge is 0.377 e. The highest BCUT2D eigenvalue weighted by atomic mass is 32.2. The summed E-state index contributed by atoms with van der Waals surface area (Å²) in [6.45, 7) is 4.44. The van der Waals surface area contributed by atoms with E-state index in [1.165, 1.54) is 36.4 Å². The fraction of sp³-hybridized carbons (Fsp3) is 0.409. The second-order valence-corrected chi connectivity index (χ2v) is 11.6. The van der Waals surface area contributed by atoms with E-state index in [2.05, 4.69) is 14.8 Å². The molecular formula is C22H29N3O6S2. The van der Waals surface area contributed by atoms with Gasteiger partial charge in [-0.25, -0.2) is 26.3 Å². The van der Waals surface area contributed by atoms with E-state index in [9.17, 15) is 21.6 Å². The third kappa shape index (κ3) is 7.08. The molecule has 1 fully saturated rings. The fourth-order valence-corrected chi connectivity index (χ4v) is 5.75. The first-order valence-electron chi connectivity index (χ1n) is 10.7. The lowest BCUT2D eigenvalue weighted by atomic mass is 10.2. The lowest BCUT2D eigenvalue weighted by Crippen LogP contribution is -2.31. The molecule has 1 saturated heterocycles. The van der Waals surface area contributed by atoms with Gasteiger partial charge in [0.1, 0.15) is 0 Å². The van der Waals surface area contributed by atoms with E-state index >= 15 is 0 Å². The van der Waals surface area contributed by atoms with Gasteiger partial charge in [-0.1, -0.05) is 12.1 Å². The zero-order valence-electron chi connectivity index (χ0n) is 18.6. The summed E-state index contributed by atoms with van der Waals surface area (Å²) >= 11 is 0. The molecule has 0 spiro atoms. The summed E-state index contributed by atoms with van der Waals surface area (Å²) in [6.07, 6.45) is 1.63. The van der Waals surface area contributed by atoms with Gasteiger partial charge in [0, 0.05) is 31.3 Å². The Kier molecular flexibility index (Phi) is 8.24. The Hall–Kier alpha value is -2.31. The molecule has 2 aromatic carbocycles. The summed E-state index contributed by atoms with van der Waals surface area (Å²) in [6, 6.07) is 11.7. The van der Waals surface area contributed by atoms with Crippen LogP contribution in [0.25, 0.3) is 0 Å². The van der Waals surface area contributed by atoms with Crippen molar-refractivity contribution in [2.75, 3.05) is 13.2 Å². The van der Waals surface area contributed by atoms with Crippen LogP contribution in [0, 0.1) is 0 Å². The Morgan fingerprint density at radius 3 is 2.39 bits per heavy atom. The van der Waals surface area contributed by atoms with E-state index in [0.717, 1.165) is 12.8 Å². The maximum absolute atomic E-state index is 12.5. The number of hydrogen-bond acceptors (Lipinski definition) is 6. The number of ether oxygens (including phenoxy) is 1. The van der Waals surface area contributed by atoms with Crippen LogP contribution in [0.15, 0.2) is 58.3 Å². The number of sulfonamides is 2. The Morgan fingerprint density at radius 2 is 1.76 bits per heavy atom. The zero-order chi connectivity index (χ0) is 24.1. The molecule has 180 valence electrons. The predicted octanol–water partition coefficient (Wildman–Crippen LogP) is 1.76. The molecular weight excluding hydrogens is 466 g/mol. The van der Waals surface area contributed by atoms with Gasteiger partial charge in [-0.15, -0.1) is 0 Å². The molecule has 0 bridgehead atoms. The number of hydrogen-bond donors (Lipinski definition) is 3. The molecule has 1 aliphatic heterocycles. The van der Waals surface area contributed by atoms with Gasteiger partial charge >= 0.3 is 0 Å². The van der Waals surface area contributed by atoms with Crippen LogP contribution in [0.5, 0.6) is 0 Å². The highest BCUT2D eigenvalue weighted by molar-refractivity contribution is 7.89. The van der Waals surface area contributed by atoms with Gasteiger partial charge in [-0.3, -0.25) is 4.79 Å². The Morgan fingerprint density at radius 1 is 1.03 bits per heavy atom. The minimum Gasteiger partial charge on any atom is -0.377 e. The molecule has 1 unspecified atom stereocenters. The van der Waals surface area contributed by atoms with Crippen molar-refractivity contribution in [1.29, 1.82) is 0 Å². The summed E-state index contributed by atoms with van der Waals surface area (Å²) in [5.74, 6) is -0.403. The average Bonchev–Trinajstić information content (AvgIpc) is 3.29. The maximum Gasteiger partial charge on any atom is 0.251 e. The third-order valence-electron chi connectivity index (χ3n) is 5.00. The number of benzene rings is 2. The van der Waals surface area contributed by atoms with E-state index < -0.39 is 26.0 Å². The SMILES string of the molecule is CC(C)NS(=O)(=O)c1cccc(CNC(=O)c2ccc(S(=O)(=O)NCC3CCCO3)cc2)c1. The van der Waals surface area contributed by atoms with Crippen LogP contribution in [-0.2, 0) is 31.3 Å². The Balaban J connectivity index is 1.59. The second-order valence-electron chi connectivity index (χ2n) is 8.12. The fourth-order valence-electron chi connectivity index (χ4n) is 3.36. The summed E-state index contributed by atoms with van der Waals surface area (Å²) in [4.78, 5) is 12.7. The van der Waals surface area contributed by atoms with Crippen molar-refractivity contribution < 1.29 is 26.4 Å². The van der Waals surface area contributed by atoms with E-state index in [1.807, 2.05) is 0 Å². The second kappa shape index (κ2) is 10.7. The number of rotatable bonds is 10. The van der Waals surface area contributed by atoms with Crippen LogP contribution in [-0.4, -0.2) is 48.0 Å². The summed E-state index contributed by atoms with van der Waals surface area (Å²) in [7, 11) is -7.33. The summed E-state index contributed by atoms with van der Waals surface area (Å²) in [5.41, 5.74) is 0.908. The first kappa shape index (κ1) is 25.3. The van der Waals surface area contributed by atoms with E-state index in [1.54, 1.807) is 26.0 Å². The minimum atomic E-state index is -3.70. The molecule has 0 aliphatic carbocycles. The summed E-state index contributed by atoms with van der Waals surface area (Å²) < 4.78 is 60.0. The van der Waals surface area contributed by atoms with Crippen molar-refractivity contribution in [3.8, 4) is 0 Å². The number of carbonyl (C=O) groups is 1. The molecule has 9 nitrogen and oxygen atoms in total. The van der Waals surface area contributed by atoms with Gasteiger partial charge < -0.3 is 10.1 Å². The lowest BCUT2D eigenvalue weighted by Gasteiger charge is -2.12. The molecule has 1 heterocycles. The highest BCUT2D eigenvalue weighted by Crippen LogP contribution is 2.15. The quantitative estimate of drug-likeness (QED) is 0.460. The van der Waals surface area contributed by atoms with Gasteiger partial charge in [-0.2, -0.15) is 0 Å². The topological polar surface area (TPSA) is 131 Å². The van der Waals surface area contributed by atoms with E-state index in [-0.39, 0.29) is 35.0 Å². The number of amides is 1. The van der Waals surface area contributed by atoms with Crippen LogP contribution in [0.1, 0.15) is 42.6 Å². The van der Waals surface area contributed by atoms with Gasteiger partial charge in [-0.05, 0) is 68.7 Å². The van der Waals surface area contributed by atoms with Gasteiger partial charge in [0.2, 0.25) is 20.0 Å². The molecule has 33 heavy (non-hydrogen) atoms. The molecule has 1 aliphatic rings. The molecule has 0 aromatic heterocycles. The van der Waals surface area contributed by atoms with Gasteiger partial charge in [0.25, 0.3) is 5.91 Å². The van der Waals surface area contributed by atoms with Crippen LogP contribution in [0.2, 0.25) is 0 Å². The molecule has 11 heteroatoms. The monoisotopic (exact) mass is 495 g/mol. The maximum atomic E-state index is 12.5. The Bertz CT molecular complexity index is 1170. The molecule has 0 saturated carbocycles.